The highest BCUT2D eigenvalue weighted by Crippen LogP contribution is 1.84. The Morgan fingerprint density at radius 1 is 1.75 bits per heavy atom. The van der Waals surface area contributed by atoms with Crippen molar-refractivity contribution in [2.45, 2.75) is 6.92 Å². The number of nitriles is 1. The van der Waals surface area contributed by atoms with Crippen LogP contribution in [0.5, 0.6) is 0 Å². The lowest BCUT2D eigenvalue weighted by atomic mass is 10.3. The van der Waals surface area contributed by atoms with E-state index in [9.17, 15) is 4.79 Å². The third-order valence-corrected chi connectivity index (χ3v) is 1.15. The van der Waals surface area contributed by atoms with Crippen LogP contribution in [0.1, 0.15) is 6.92 Å². The van der Waals surface area contributed by atoms with E-state index in [-0.39, 0.29) is 5.57 Å². The molecule has 0 aliphatic heterocycles. The second-order valence-electron chi connectivity index (χ2n) is 2.04. The lowest BCUT2D eigenvalue weighted by molar-refractivity contribution is -0.117. The van der Waals surface area contributed by atoms with Gasteiger partial charge in [0.2, 0.25) is 0 Å². The van der Waals surface area contributed by atoms with Gasteiger partial charge in [0.25, 0.3) is 5.91 Å². The molecule has 0 aromatic carbocycles. The minimum Gasteiger partial charge on any atom is -0.380 e. The number of nitrogens with zero attached hydrogens (tertiary/aromatic N) is 1. The molecule has 0 fully saturated rings. The molecule has 4 nitrogen and oxygen atoms in total. The Morgan fingerprint density at radius 3 is 2.92 bits per heavy atom. The normalized spacial score (nSPS) is 8.67. The molecular weight excluding hydrogens is 156 g/mol. The monoisotopic (exact) mass is 168 g/mol. The molecule has 66 valence electrons. The molecular formula is C8H12N2O2. The maximum atomic E-state index is 10.8. The first-order chi connectivity index (χ1) is 5.72. The van der Waals surface area contributed by atoms with Gasteiger partial charge in [0.1, 0.15) is 11.6 Å². The van der Waals surface area contributed by atoms with Gasteiger partial charge < -0.3 is 10.1 Å². The first kappa shape index (κ1) is 10.7. The van der Waals surface area contributed by atoms with Crippen LogP contribution in [-0.2, 0) is 9.53 Å². The summed E-state index contributed by atoms with van der Waals surface area (Å²) in [6.45, 7) is 6.62. The Hall–Kier alpha value is -1.34. The predicted octanol–water partition coefficient (Wildman–Crippen LogP) is 0.219. The topological polar surface area (TPSA) is 62.1 Å². The van der Waals surface area contributed by atoms with E-state index >= 15 is 0 Å². The Kier molecular flexibility index (Phi) is 5.66. The van der Waals surface area contributed by atoms with Crippen LogP contribution in [0.4, 0.5) is 0 Å². The molecule has 0 rings (SSSR count). The summed E-state index contributed by atoms with van der Waals surface area (Å²) in [5, 5.41) is 10.7. The summed E-state index contributed by atoms with van der Waals surface area (Å²) in [4.78, 5) is 10.8. The van der Waals surface area contributed by atoms with Gasteiger partial charge in [0, 0.05) is 13.2 Å². The maximum absolute atomic E-state index is 10.8. The van der Waals surface area contributed by atoms with E-state index in [4.69, 9.17) is 10.00 Å². The van der Waals surface area contributed by atoms with Crippen LogP contribution in [0, 0.1) is 11.3 Å². The van der Waals surface area contributed by atoms with Crippen molar-refractivity contribution in [3.8, 4) is 6.07 Å². The van der Waals surface area contributed by atoms with Crippen molar-refractivity contribution in [1.82, 2.24) is 5.32 Å². The molecule has 0 atom stereocenters. The van der Waals surface area contributed by atoms with Gasteiger partial charge in [-0.1, -0.05) is 6.58 Å². The first-order valence-electron chi connectivity index (χ1n) is 3.67. The van der Waals surface area contributed by atoms with Gasteiger partial charge in [0.05, 0.1) is 6.61 Å². The van der Waals surface area contributed by atoms with Crippen molar-refractivity contribution in [3.05, 3.63) is 12.2 Å². The smallest absolute Gasteiger partial charge is 0.261 e. The van der Waals surface area contributed by atoms with Crippen LogP contribution < -0.4 is 5.32 Å². The average Bonchev–Trinajstić information content (AvgIpc) is 2.10. The van der Waals surface area contributed by atoms with E-state index in [2.05, 4.69) is 11.9 Å². The molecule has 0 radical (unpaired) electrons. The van der Waals surface area contributed by atoms with Gasteiger partial charge in [-0.3, -0.25) is 4.79 Å². The summed E-state index contributed by atoms with van der Waals surface area (Å²) >= 11 is 0. The molecule has 0 saturated heterocycles. The summed E-state index contributed by atoms with van der Waals surface area (Å²) in [5.41, 5.74) is -0.0773. The van der Waals surface area contributed by atoms with Crippen molar-refractivity contribution < 1.29 is 9.53 Å². The Morgan fingerprint density at radius 2 is 2.42 bits per heavy atom. The number of amides is 1. The van der Waals surface area contributed by atoms with Crippen molar-refractivity contribution in [1.29, 1.82) is 5.26 Å². The number of carbonyl (C=O) groups excluding carboxylic acids is 1. The third kappa shape index (κ3) is 4.47. The van der Waals surface area contributed by atoms with Crippen molar-refractivity contribution in [3.63, 3.8) is 0 Å². The summed E-state index contributed by atoms with van der Waals surface area (Å²) < 4.78 is 4.97. The molecule has 0 saturated carbocycles. The van der Waals surface area contributed by atoms with E-state index < -0.39 is 5.91 Å². The molecule has 0 aromatic heterocycles. The van der Waals surface area contributed by atoms with E-state index in [1.54, 1.807) is 6.07 Å². The molecule has 0 spiro atoms. The van der Waals surface area contributed by atoms with Crippen LogP contribution in [0.2, 0.25) is 0 Å². The van der Waals surface area contributed by atoms with E-state index in [0.29, 0.717) is 19.8 Å². The van der Waals surface area contributed by atoms with Crippen molar-refractivity contribution in [2.24, 2.45) is 0 Å². The van der Waals surface area contributed by atoms with Gasteiger partial charge in [-0.15, -0.1) is 0 Å². The fraction of sp³-hybridized carbons (Fsp3) is 0.500. The van der Waals surface area contributed by atoms with Crippen molar-refractivity contribution in [2.75, 3.05) is 19.8 Å². The SMILES string of the molecule is C=C(C#N)C(=O)NCCOCC. The lowest BCUT2D eigenvalue weighted by Gasteiger charge is -2.02. The third-order valence-electron chi connectivity index (χ3n) is 1.15. The van der Waals surface area contributed by atoms with Crippen LogP contribution in [-0.4, -0.2) is 25.7 Å². The maximum Gasteiger partial charge on any atom is 0.261 e. The molecule has 0 bridgehead atoms. The predicted molar refractivity (Wildman–Crippen MR) is 44.3 cm³/mol. The van der Waals surface area contributed by atoms with Gasteiger partial charge >= 0.3 is 0 Å². The number of rotatable bonds is 5. The van der Waals surface area contributed by atoms with Crippen LogP contribution in [0.3, 0.4) is 0 Å². The fourth-order valence-corrected chi connectivity index (χ4v) is 0.539. The summed E-state index contributed by atoms with van der Waals surface area (Å²) in [6, 6.07) is 1.66. The zero-order valence-electron chi connectivity index (χ0n) is 7.09. The van der Waals surface area contributed by atoms with Gasteiger partial charge in [-0.25, -0.2) is 0 Å². The van der Waals surface area contributed by atoms with E-state index in [1.807, 2.05) is 6.92 Å². The minimum atomic E-state index is -0.433. The second kappa shape index (κ2) is 6.38. The Labute approximate surface area is 71.8 Å². The molecule has 0 heterocycles. The number of ether oxygens (including phenoxy) is 1. The molecule has 1 amide bonds. The summed E-state index contributed by atoms with van der Waals surface area (Å²) in [7, 11) is 0. The molecule has 12 heavy (non-hydrogen) atoms. The second-order valence-corrected chi connectivity index (χ2v) is 2.04. The number of hydrogen-bond donors (Lipinski definition) is 1. The average molecular weight is 168 g/mol. The number of carbonyl (C=O) groups is 1. The van der Waals surface area contributed by atoms with Gasteiger partial charge in [-0.05, 0) is 6.92 Å². The van der Waals surface area contributed by atoms with E-state index in [0.717, 1.165) is 0 Å². The summed E-state index contributed by atoms with van der Waals surface area (Å²) in [6.07, 6.45) is 0. The largest absolute Gasteiger partial charge is 0.380 e. The quantitative estimate of drug-likeness (QED) is 0.363. The molecule has 0 aromatic rings. The molecule has 1 N–H and O–H groups in total. The highest BCUT2D eigenvalue weighted by atomic mass is 16.5. The lowest BCUT2D eigenvalue weighted by Crippen LogP contribution is -2.27. The zero-order valence-corrected chi connectivity index (χ0v) is 7.09. The number of nitrogens with one attached hydrogen (secondary N) is 1. The van der Waals surface area contributed by atoms with Crippen molar-refractivity contribution >= 4 is 5.91 Å². The Balaban J connectivity index is 3.46. The van der Waals surface area contributed by atoms with Gasteiger partial charge in [0.15, 0.2) is 0 Å². The Bertz CT molecular complexity index is 206. The van der Waals surface area contributed by atoms with E-state index in [1.165, 1.54) is 0 Å². The summed E-state index contributed by atoms with van der Waals surface area (Å²) in [5.74, 6) is -0.433. The highest BCUT2D eigenvalue weighted by Gasteiger charge is 2.03. The van der Waals surface area contributed by atoms with Crippen LogP contribution >= 0.6 is 0 Å². The van der Waals surface area contributed by atoms with Gasteiger partial charge in [-0.2, -0.15) is 5.26 Å². The molecule has 0 aliphatic carbocycles. The molecule has 0 unspecified atom stereocenters. The molecule has 4 heteroatoms. The zero-order chi connectivity index (χ0) is 9.40. The first-order valence-corrected chi connectivity index (χ1v) is 3.67. The molecule has 0 aliphatic rings. The highest BCUT2D eigenvalue weighted by molar-refractivity contribution is 5.96. The van der Waals surface area contributed by atoms with Crippen LogP contribution in [0.15, 0.2) is 12.2 Å². The van der Waals surface area contributed by atoms with Crippen LogP contribution in [0.25, 0.3) is 0 Å². The number of hydrogen-bond acceptors (Lipinski definition) is 3. The fourth-order valence-electron chi connectivity index (χ4n) is 0.539. The standard InChI is InChI=1S/C8H12N2O2/c1-3-12-5-4-10-8(11)7(2)6-9/h2-5H2,1H3,(H,10,11). The minimum absolute atomic E-state index is 0.0773.